The maximum absolute atomic E-state index is 11.0. The first-order valence-electron chi connectivity index (χ1n) is 5.72. The SMILES string of the molecule is CCCCN1CCCCCC1C(=O)O. The number of carboxylic acids is 1. The fourth-order valence-electron chi connectivity index (χ4n) is 2.08. The van der Waals surface area contributed by atoms with Gasteiger partial charge in [0, 0.05) is 0 Å². The Morgan fingerprint density at radius 1 is 1.43 bits per heavy atom. The van der Waals surface area contributed by atoms with Gasteiger partial charge in [-0.2, -0.15) is 0 Å². The highest BCUT2D eigenvalue weighted by Crippen LogP contribution is 2.17. The highest BCUT2D eigenvalue weighted by atomic mass is 16.4. The van der Waals surface area contributed by atoms with Crippen molar-refractivity contribution in [1.29, 1.82) is 0 Å². The summed E-state index contributed by atoms with van der Waals surface area (Å²) in [6.45, 7) is 4.07. The van der Waals surface area contributed by atoms with Crippen molar-refractivity contribution >= 4 is 5.97 Å². The Morgan fingerprint density at radius 2 is 2.21 bits per heavy atom. The Morgan fingerprint density at radius 3 is 2.86 bits per heavy atom. The van der Waals surface area contributed by atoms with Gasteiger partial charge in [-0.05, 0) is 32.4 Å². The smallest absolute Gasteiger partial charge is 0.320 e. The molecule has 3 heteroatoms. The lowest BCUT2D eigenvalue weighted by Crippen LogP contribution is -2.41. The molecule has 0 radical (unpaired) electrons. The van der Waals surface area contributed by atoms with Crippen LogP contribution in [0.15, 0.2) is 0 Å². The number of aliphatic carboxylic acids is 1. The summed E-state index contributed by atoms with van der Waals surface area (Å²) in [5.41, 5.74) is 0. The normalized spacial score (nSPS) is 24.5. The topological polar surface area (TPSA) is 40.5 Å². The van der Waals surface area contributed by atoms with E-state index < -0.39 is 5.97 Å². The Hall–Kier alpha value is -0.570. The van der Waals surface area contributed by atoms with Crippen molar-refractivity contribution in [3.05, 3.63) is 0 Å². The van der Waals surface area contributed by atoms with Gasteiger partial charge in [0.15, 0.2) is 0 Å². The Bertz CT molecular complexity index is 182. The van der Waals surface area contributed by atoms with Crippen LogP contribution in [0.2, 0.25) is 0 Å². The maximum Gasteiger partial charge on any atom is 0.320 e. The van der Waals surface area contributed by atoms with Crippen molar-refractivity contribution < 1.29 is 9.90 Å². The van der Waals surface area contributed by atoms with Crippen LogP contribution in [-0.2, 0) is 4.79 Å². The second-order valence-corrected chi connectivity index (χ2v) is 4.09. The first-order valence-corrected chi connectivity index (χ1v) is 5.72. The molecule has 0 aromatic carbocycles. The lowest BCUT2D eigenvalue weighted by Gasteiger charge is -2.26. The molecular formula is C11H21NO2. The minimum atomic E-state index is -0.636. The lowest BCUT2D eigenvalue weighted by atomic mass is 10.1. The molecule has 1 fully saturated rings. The predicted octanol–water partition coefficient (Wildman–Crippen LogP) is 2.12. The molecule has 1 atom stereocenters. The Balaban J connectivity index is 2.50. The van der Waals surface area contributed by atoms with Crippen molar-refractivity contribution in [3.63, 3.8) is 0 Å². The summed E-state index contributed by atoms with van der Waals surface area (Å²) in [4.78, 5) is 13.2. The van der Waals surface area contributed by atoms with Gasteiger partial charge in [-0.1, -0.05) is 26.2 Å². The summed E-state index contributed by atoms with van der Waals surface area (Å²) in [6, 6.07) is -0.218. The van der Waals surface area contributed by atoms with Crippen LogP contribution in [0.1, 0.15) is 45.4 Å². The van der Waals surface area contributed by atoms with Gasteiger partial charge in [0.25, 0.3) is 0 Å². The van der Waals surface area contributed by atoms with E-state index >= 15 is 0 Å². The zero-order valence-corrected chi connectivity index (χ0v) is 9.04. The summed E-state index contributed by atoms with van der Waals surface area (Å²) >= 11 is 0. The number of carboxylic acid groups (broad SMARTS) is 1. The van der Waals surface area contributed by atoms with E-state index in [-0.39, 0.29) is 6.04 Å². The van der Waals surface area contributed by atoms with E-state index in [0.717, 1.165) is 45.2 Å². The largest absolute Gasteiger partial charge is 0.480 e. The number of hydrogen-bond donors (Lipinski definition) is 1. The van der Waals surface area contributed by atoms with Crippen LogP contribution in [0, 0.1) is 0 Å². The minimum Gasteiger partial charge on any atom is -0.480 e. The molecule has 14 heavy (non-hydrogen) atoms. The van der Waals surface area contributed by atoms with E-state index in [9.17, 15) is 4.79 Å². The van der Waals surface area contributed by atoms with E-state index in [4.69, 9.17) is 5.11 Å². The Kier molecular flexibility index (Phi) is 4.94. The number of unbranched alkanes of at least 4 members (excludes halogenated alkanes) is 1. The molecule has 3 nitrogen and oxygen atoms in total. The molecule has 0 aromatic heterocycles. The molecule has 0 spiro atoms. The van der Waals surface area contributed by atoms with Crippen LogP contribution < -0.4 is 0 Å². The minimum absolute atomic E-state index is 0.218. The van der Waals surface area contributed by atoms with Gasteiger partial charge < -0.3 is 5.11 Å². The quantitative estimate of drug-likeness (QED) is 0.754. The molecule has 1 saturated heterocycles. The van der Waals surface area contributed by atoms with Crippen molar-refractivity contribution in [2.24, 2.45) is 0 Å². The van der Waals surface area contributed by atoms with Gasteiger partial charge in [0.1, 0.15) is 6.04 Å². The van der Waals surface area contributed by atoms with Gasteiger partial charge >= 0.3 is 5.97 Å². The molecule has 1 heterocycles. The van der Waals surface area contributed by atoms with Crippen LogP contribution >= 0.6 is 0 Å². The van der Waals surface area contributed by atoms with Gasteiger partial charge in [0.2, 0.25) is 0 Å². The van der Waals surface area contributed by atoms with Crippen molar-refractivity contribution in [1.82, 2.24) is 4.90 Å². The highest BCUT2D eigenvalue weighted by Gasteiger charge is 2.26. The fourth-order valence-corrected chi connectivity index (χ4v) is 2.08. The van der Waals surface area contributed by atoms with E-state index in [1.54, 1.807) is 0 Å². The highest BCUT2D eigenvalue weighted by molar-refractivity contribution is 5.73. The first-order chi connectivity index (χ1) is 6.75. The summed E-state index contributed by atoms with van der Waals surface area (Å²) in [6.07, 6.45) is 6.51. The van der Waals surface area contributed by atoms with E-state index in [1.807, 2.05) is 0 Å². The van der Waals surface area contributed by atoms with Gasteiger partial charge in [-0.3, -0.25) is 9.69 Å². The number of carbonyl (C=O) groups is 1. The molecule has 0 bridgehead atoms. The molecule has 0 amide bonds. The summed E-state index contributed by atoms with van der Waals surface area (Å²) in [7, 11) is 0. The molecule has 0 aromatic rings. The van der Waals surface area contributed by atoms with Crippen LogP contribution in [-0.4, -0.2) is 35.1 Å². The lowest BCUT2D eigenvalue weighted by molar-refractivity contribution is -0.143. The zero-order chi connectivity index (χ0) is 10.4. The second-order valence-electron chi connectivity index (χ2n) is 4.09. The fraction of sp³-hybridized carbons (Fsp3) is 0.909. The van der Waals surface area contributed by atoms with Crippen molar-refractivity contribution in [2.75, 3.05) is 13.1 Å². The van der Waals surface area contributed by atoms with Gasteiger partial charge in [-0.25, -0.2) is 0 Å². The standard InChI is InChI=1S/C11H21NO2/c1-2-3-8-12-9-6-4-5-7-10(12)11(13)14/h10H,2-9H2,1H3,(H,13,14). The third-order valence-corrected chi connectivity index (χ3v) is 2.95. The predicted molar refractivity (Wildman–Crippen MR) is 56.4 cm³/mol. The van der Waals surface area contributed by atoms with Crippen LogP contribution in [0.4, 0.5) is 0 Å². The monoisotopic (exact) mass is 199 g/mol. The molecule has 1 aliphatic rings. The van der Waals surface area contributed by atoms with E-state index in [1.165, 1.54) is 6.42 Å². The first kappa shape index (κ1) is 11.5. The molecule has 1 unspecified atom stereocenters. The number of rotatable bonds is 4. The Labute approximate surface area is 86.1 Å². The molecule has 1 rings (SSSR count). The average molecular weight is 199 g/mol. The summed E-state index contributed by atoms with van der Waals surface area (Å²) in [5.74, 6) is -0.636. The van der Waals surface area contributed by atoms with Crippen LogP contribution in [0.3, 0.4) is 0 Å². The van der Waals surface area contributed by atoms with Crippen molar-refractivity contribution in [3.8, 4) is 0 Å². The van der Waals surface area contributed by atoms with E-state index in [2.05, 4.69) is 11.8 Å². The molecule has 82 valence electrons. The number of hydrogen-bond acceptors (Lipinski definition) is 2. The summed E-state index contributed by atoms with van der Waals surface area (Å²) in [5, 5.41) is 9.09. The third kappa shape index (κ3) is 3.29. The summed E-state index contributed by atoms with van der Waals surface area (Å²) < 4.78 is 0. The molecule has 1 aliphatic heterocycles. The van der Waals surface area contributed by atoms with Crippen molar-refractivity contribution in [2.45, 2.75) is 51.5 Å². The second kappa shape index (κ2) is 6.02. The van der Waals surface area contributed by atoms with E-state index in [0.29, 0.717) is 0 Å². The third-order valence-electron chi connectivity index (χ3n) is 2.95. The molecule has 1 N–H and O–H groups in total. The van der Waals surface area contributed by atoms with Gasteiger partial charge in [0.05, 0.1) is 0 Å². The number of nitrogens with zero attached hydrogens (tertiary/aromatic N) is 1. The molecule has 0 saturated carbocycles. The number of likely N-dealkylation sites (tertiary alicyclic amines) is 1. The molecular weight excluding hydrogens is 178 g/mol. The molecule has 0 aliphatic carbocycles. The average Bonchev–Trinajstić information content (AvgIpc) is 2.39. The van der Waals surface area contributed by atoms with Crippen LogP contribution in [0.5, 0.6) is 0 Å². The maximum atomic E-state index is 11.0. The zero-order valence-electron chi connectivity index (χ0n) is 9.04. The van der Waals surface area contributed by atoms with Crippen LogP contribution in [0.25, 0.3) is 0 Å². The van der Waals surface area contributed by atoms with Gasteiger partial charge in [-0.15, -0.1) is 0 Å².